The van der Waals surface area contributed by atoms with Gasteiger partial charge in [0.05, 0.1) is 6.61 Å². The smallest absolute Gasteiger partial charge is 0.303 e. The molecule has 1 heterocycles. The van der Waals surface area contributed by atoms with Gasteiger partial charge in [0.1, 0.15) is 18.4 Å². The van der Waals surface area contributed by atoms with Crippen molar-refractivity contribution in [3.63, 3.8) is 0 Å². The van der Waals surface area contributed by atoms with E-state index in [4.69, 9.17) is 24.2 Å². The molecule has 0 aliphatic carbocycles. The number of rotatable bonds is 4. The van der Waals surface area contributed by atoms with Crippen molar-refractivity contribution >= 4 is 23.6 Å². The summed E-state index contributed by atoms with van der Waals surface area (Å²) >= 11 is 0. The SMILES string of the molecule is CC(=O)OC[C@H]1OC/C(=N\O)[C@H](OC(C)=O)[C@H]1OC(C)=O. The second kappa shape index (κ2) is 7.58. The Bertz CT molecular complexity index is 447. The number of ether oxygens (including phenoxy) is 4. The fourth-order valence-corrected chi connectivity index (χ4v) is 1.83. The molecule has 1 aliphatic rings. The molecule has 1 fully saturated rings. The Hall–Kier alpha value is -2.16. The lowest BCUT2D eigenvalue weighted by Gasteiger charge is -2.36. The van der Waals surface area contributed by atoms with Crippen LogP contribution in [-0.4, -0.2) is 60.4 Å². The van der Waals surface area contributed by atoms with E-state index >= 15 is 0 Å². The monoisotopic (exact) mass is 303 g/mol. The first-order valence-corrected chi connectivity index (χ1v) is 6.15. The number of hydrogen-bond acceptors (Lipinski definition) is 9. The van der Waals surface area contributed by atoms with Crippen LogP contribution in [0, 0.1) is 0 Å². The minimum Gasteiger partial charge on any atom is -0.463 e. The molecule has 1 rings (SSSR count). The molecule has 1 N–H and O–H groups in total. The minimum atomic E-state index is -1.11. The summed E-state index contributed by atoms with van der Waals surface area (Å²) in [7, 11) is 0. The summed E-state index contributed by atoms with van der Waals surface area (Å²) in [5.41, 5.74) is -0.00414. The van der Waals surface area contributed by atoms with Crippen molar-refractivity contribution in [1.29, 1.82) is 0 Å². The number of oxime groups is 1. The van der Waals surface area contributed by atoms with Crippen molar-refractivity contribution in [2.45, 2.75) is 39.1 Å². The normalized spacial score (nSPS) is 27.0. The zero-order valence-corrected chi connectivity index (χ0v) is 11.9. The number of esters is 3. The van der Waals surface area contributed by atoms with Crippen molar-refractivity contribution in [2.75, 3.05) is 13.2 Å². The molecule has 0 radical (unpaired) electrons. The van der Waals surface area contributed by atoms with Crippen molar-refractivity contribution in [2.24, 2.45) is 5.16 Å². The molecule has 0 aromatic rings. The van der Waals surface area contributed by atoms with Crippen molar-refractivity contribution in [3.8, 4) is 0 Å². The van der Waals surface area contributed by atoms with Gasteiger partial charge in [0, 0.05) is 20.8 Å². The van der Waals surface area contributed by atoms with E-state index in [2.05, 4.69) is 5.16 Å². The molecular formula is C12H17NO8. The Morgan fingerprint density at radius 3 is 2.29 bits per heavy atom. The summed E-state index contributed by atoms with van der Waals surface area (Å²) < 4.78 is 20.2. The van der Waals surface area contributed by atoms with E-state index in [-0.39, 0.29) is 18.9 Å². The Labute approximate surface area is 120 Å². The first-order chi connectivity index (χ1) is 9.85. The van der Waals surface area contributed by atoms with Gasteiger partial charge >= 0.3 is 17.9 Å². The van der Waals surface area contributed by atoms with E-state index in [9.17, 15) is 14.4 Å². The van der Waals surface area contributed by atoms with Gasteiger partial charge in [-0.05, 0) is 0 Å². The highest BCUT2D eigenvalue weighted by atomic mass is 16.6. The molecule has 9 heteroatoms. The summed E-state index contributed by atoms with van der Waals surface area (Å²) in [5.74, 6) is -1.83. The topological polar surface area (TPSA) is 121 Å². The molecule has 0 aromatic heterocycles. The molecule has 0 unspecified atom stereocenters. The maximum absolute atomic E-state index is 11.2. The fourth-order valence-electron chi connectivity index (χ4n) is 1.83. The molecule has 1 saturated heterocycles. The predicted octanol–water partition coefficient (Wildman–Crippen LogP) is -0.358. The summed E-state index contributed by atoms with van der Waals surface area (Å²) in [6, 6.07) is 0. The number of carbonyl (C=O) groups is 3. The number of nitrogens with zero attached hydrogens (tertiary/aromatic N) is 1. The van der Waals surface area contributed by atoms with Crippen molar-refractivity contribution in [3.05, 3.63) is 0 Å². The zero-order valence-electron chi connectivity index (χ0n) is 11.9. The molecule has 0 amide bonds. The van der Waals surface area contributed by atoms with Gasteiger partial charge in [-0.3, -0.25) is 14.4 Å². The summed E-state index contributed by atoms with van der Waals surface area (Å²) in [6.45, 7) is 3.20. The van der Waals surface area contributed by atoms with Crippen LogP contribution < -0.4 is 0 Å². The molecule has 0 aromatic carbocycles. The largest absolute Gasteiger partial charge is 0.463 e. The summed E-state index contributed by atoms with van der Waals surface area (Å²) in [4.78, 5) is 33.2. The molecule has 21 heavy (non-hydrogen) atoms. The van der Waals surface area contributed by atoms with E-state index in [1.165, 1.54) is 6.92 Å². The molecular weight excluding hydrogens is 286 g/mol. The minimum absolute atomic E-state index is 0.00414. The van der Waals surface area contributed by atoms with Crippen LogP contribution in [0.2, 0.25) is 0 Å². The molecule has 0 saturated carbocycles. The fraction of sp³-hybridized carbons (Fsp3) is 0.667. The van der Waals surface area contributed by atoms with Gasteiger partial charge < -0.3 is 24.2 Å². The summed E-state index contributed by atoms with van der Waals surface area (Å²) in [6.07, 6.45) is -3.02. The van der Waals surface area contributed by atoms with Gasteiger partial charge in [-0.25, -0.2) is 0 Å². The Balaban J connectivity index is 2.95. The van der Waals surface area contributed by atoms with Crippen LogP contribution in [0.3, 0.4) is 0 Å². The molecule has 0 bridgehead atoms. The Morgan fingerprint density at radius 2 is 1.81 bits per heavy atom. The van der Waals surface area contributed by atoms with E-state index in [1.54, 1.807) is 0 Å². The third-order valence-corrected chi connectivity index (χ3v) is 2.61. The lowest BCUT2D eigenvalue weighted by atomic mass is 10.0. The highest BCUT2D eigenvalue weighted by Gasteiger charge is 2.44. The van der Waals surface area contributed by atoms with E-state index in [0.29, 0.717) is 0 Å². The van der Waals surface area contributed by atoms with Gasteiger partial charge in [-0.2, -0.15) is 0 Å². The van der Waals surface area contributed by atoms with Gasteiger partial charge in [0.15, 0.2) is 12.2 Å². The highest BCUT2D eigenvalue weighted by molar-refractivity contribution is 5.92. The van der Waals surface area contributed by atoms with E-state index in [1.807, 2.05) is 0 Å². The lowest BCUT2D eigenvalue weighted by Crippen LogP contribution is -2.55. The quantitative estimate of drug-likeness (QED) is 0.323. The van der Waals surface area contributed by atoms with Crippen molar-refractivity contribution < 1.29 is 38.5 Å². The third kappa shape index (κ3) is 5.03. The van der Waals surface area contributed by atoms with E-state index < -0.39 is 36.2 Å². The van der Waals surface area contributed by atoms with Crippen LogP contribution in [0.5, 0.6) is 0 Å². The predicted molar refractivity (Wildman–Crippen MR) is 66.7 cm³/mol. The zero-order chi connectivity index (χ0) is 16.0. The van der Waals surface area contributed by atoms with Crippen LogP contribution in [0.25, 0.3) is 0 Å². The van der Waals surface area contributed by atoms with Crippen molar-refractivity contribution in [1.82, 2.24) is 0 Å². The van der Waals surface area contributed by atoms with Gasteiger partial charge in [-0.15, -0.1) is 0 Å². The highest BCUT2D eigenvalue weighted by Crippen LogP contribution is 2.21. The Kier molecular flexibility index (Phi) is 6.10. The summed E-state index contributed by atoms with van der Waals surface area (Å²) in [5, 5.41) is 11.9. The van der Waals surface area contributed by atoms with E-state index in [0.717, 1.165) is 13.8 Å². The number of carbonyl (C=O) groups excluding carboxylic acids is 3. The van der Waals surface area contributed by atoms with Crippen LogP contribution in [0.1, 0.15) is 20.8 Å². The third-order valence-electron chi connectivity index (χ3n) is 2.61. The Morgan fingerprint density at radius 1 is 1.19 bits per heavy atom. The standard InChI is InChI=1S/C12H17NO8/c1-6(14)18-5-10-12(21-8(3)16)11(20-7(2)15)9(13-17)4-19-10/h10-12,17H,4-5H2,1-3H3/b13-9+/t10-,11+,12+/m1/s1. The van der Waals surface area contributed by atoms with Crippen LogP contribution in [0.15, 0.2) is 5.16 Å². The molecule has 1 aliphatic heterocycles. The van der Waals surface area contributed by atoms with Crippen LogP contribution >= 0.6 is 0 Å². The number of hydrogen-bond donors (Lipinski definition) is 1. The van der Waals surface area contributed by atoms with Crippen LogP contribution in [-0.2, 0) is 33.3 Å². The lowest BCUT2D eigenvalue weighted by molar-refractivity contribution is -0.182. The van der Waals surface area contributed by atoms with Gasteiger partial charge in [0.25, 0.3) is 0 Å². The maximum Gasteiger partial charge on any atom is 0.303 e. The second-order valence-corrected chi connectivity index (χ2v) is 4.35. The second-order valence-electron chi connectivity index (χ2n) is 4.35. The average Bonchev–Trinajstić information content (AvgIpc) is 2.37. The van der Waals surface area contributed by atoms with Gasteiger partial charge in [-0.1, -0.05) is 5.16 Å². The molecule has 9 nitrogen and oxygen atoms in total. The molecule has 0 spiro atoms. The van der Waals surface area contributed by atoms with Crippen LogP contribution in [0.4, 0.5) is 0 Å². The first-order valence-electron chi connectivity index (χ1n) is 6.15. The molecule has 118 valence electrons. The molecule has 3 atom stereocenters. The first kappa shape index (κ1) is 16.9. The maximum atomic E-state index is 11.2. The van der Waals surface area contributed by atoms with Gasteiger partial charge in [0.2, 0.25) is 0 Å². The average molecular weight is 303 g/mol.